The molecule has 0 fully saturated rings. The largest absolute Gasteiger partial charge is 0.295 e. The summed E-state index contributed by atoms with van der Waals surface area (Å²) in [5, 5.41) is 7.87. The van der Waals surface area contributed by atoms with Crippen molar-refractivity contribution in [2.24, 2.45) is 0 Å². The summed E-state index contributed by atoms with van der Waals surface area (Å²) in [5.74, 6) is -0.635. The molecule has 30 heavy (non-hydrogen) atoms. The number of aryl methyl sites for hydroxylation is 1. The standard InChI is InChI=1S/C24H17ClFN3O/c1-14-6-8-15(9-7-14)21-20-22(28-27-21)24(30)29(17-12-10-16(25)11-13-17)23(20)18-4-2-3-5-19(18)26/h2-13,23H,1H3,(H,27,28)/t23-/m1/s1. The Balaban J connectivity index is 1.74. The van der Waals surface area contributed by atoms with E-state index in [1.165, 1.54) is 6.07 Å². The molecule has 1 N–H and O–H groups in total. The maximum atomic E-state index is 14.9. The Bertz CT molecular complexity index is 1250. The summed E-state index contributed by atoms with van der Waals surface area (Å²) in [6, 6.07) is 20.7. The quantitative estimate of drug-likeness (QED) is 0.449. The second-order valence-corrected chi connectivity index (χ2v) is 7.74. The first kappa shape index (κ1) is 18.6. The number of rotatable bonds is 3. The molecule has 0 spiro atoms. The number of carbonyl (C=O) groups excluding carboxylic acids is 1. The first-order valence-corrected chi connectivity index (χ1v) is 9.91. The zero-order chi connectivity index (χ0) is 20.8. The van der Waals surface area contributed by atoms with Crippen LogP contribution in [0.15, 0.2) is 72.8 Å². The molecule has 3 aromatic carbocycles. The topological polar surface area (TPSA) is 49.0 Å². The van der Waals surface area contributed by atoms with Crippen LogP contribution < -0.4 is 4.90 Å². The van der Waals surface area contributed by atoms with Gasteiger partial charge >= 0.3 is 0 Å². The van der Waals surface area contributed by atoms with Gasteiger partial charge in [-0.25, -0.2) is 4.39 Å². The SMILES string of the molecule is Cc1ccc(-c2n[nH]c3c2[C@@H](c2ccccc2F)N(c2ccc(Cl)cc2)C3=O)cc1. The van der Waals surface area contributed by atoms with Crippen molar-refractivity contribution in [3.8, 4) is 11.3 Å². The first-order valence-electron chi connectivity index (χ1n) is 9.53. The number of aromatic nitrogens is 2. The van der Waals surface area contributed by atoms with Crippen molar-refractivity contribution in [1.29, 1.82) is 0 Å². The van der Waals surface area contributed by atoms with E-state index >= 15 is 0 Å². The fourth-order valence-corrected chi connectivity index (χ4v) is 4.06. The maximum Gasteiger partial charge on any atom is 0.277 e. The molecule has 1 amide bonds. The average Bonchev–Trinajstić information content (AvgIpc) is 3.29. The number of hydrogen-bond acceptors (Lipinski definition) is 2. The minimum absolute atomic E-state index is 0.258. The third-order valence-corrected chi connectivity index (χ3v) is 5.65. The maximum absolute atomic E-state index is 14.9. The number of hydrogen-bond donors (Lipinski definition) is 1. The minimum atomic E-state index is -0.648. The van der Waals surface area contributed by atoms with Crippen LogP contribution in [0.5, 0.6) is 0 Å². The summed E-state index contributed by atoms with van der Waals surface area (Å²) in [4.78, 5) is 15.0. The number of anilines is 1. The number of nitrogens with zero attached hydrogens (tertiary/aromatic N) is 2. The highest BCUT2D eigenvalue weighted by Crippen LogP contribution is 2.45. The molecule has 0 radical (unpaired) electrons. The van der Waals surface area contributed by atoms with Gasteiger partial charge in [0.1, 0.15) is 11.5 Å². The first-order chi connectivity index (χ1) is 14.5. The van der Waals surface area contributed by atoms with Crippen LogP contribution in [0.3, 0.4) is 0 Å². The Kier molecular flexibility index (Phi) is 4.40. The van der Waals surface area contributed by atoms with Crippen molar-refractivity contribution < 1.29 is 9.18 Å². The third-order valence-electron chi connectivity index (χ3n) is 5.40. The van der Waals surface area contributed by atoms with E-state index in [9.17, 15) is 9.18 Å². The van der Waals surface area contributed by atoms with Gasteiger partial charge in [-0.15, -0.1) is 0 Å². The van der Waals surface area contributed by atoms with Gasteiger partial charge in [0.2, 0.25) is 0 Å². The molecule has 0 bridgehead atoms. The summed E-state index contributed by atoms with van der Waals surface area (Å²) < 4.78 is 14.9. The molecule has 0 saturated carbocycles. The van der Waals surface area contributed by atoms with Gasteiger partial charge in [-0.2, -0.15) is 5.10 Å². The predicted molar refractivity (Wildman–Crippen MR) is 115 cm³/mol. The lowest BCUT2D eigenvalue weighted by molar-refractivity contribution is 0.0988. The fourth-order valence-electron chi connectivity index (χ4n) is 3.94. The highest BCUT2D eigenvalue weighted by Gasteiger charge is 2.44. The molecule has 148 valence electrons. The van der Waals surface area contributed by atoms with Gasteiger partial charge < -0.3 is 0 Å². The van der Waals surface area contributed by atoms with Gasteiger partial charge in [0.05, 0.1) is 11.7 Å². The molecule has 0 saturated heterocycles. The van der Waals surface area contributed by atoms with Crippen molar-refractivity contribution in [1.82, 2.24) is 10.2 Å². The van der Waals surface area contributed by atoms with Crippen LogP contribution in [0, 0.1) is 12.7 Å². The predicted octanol–water partition coefficient (Wildman–Crippen LogP) is 5.93. The van der Waals surface area contributed by atoms with Crippen LogP contribution in [0.2, 0.25) is 5.02 Å². The molecule has 5 rings (SSSR count). The Hall–Kier alpha value is -3.44. The number of amides is 1. The van der Waals surface area contributed by atoms with Gasteiger partial charge in [0.15, 0.2) is 0 Å². The van der Waals surface area contributed by atoms with E-state index in [0.717, 1.165) is 11.1 Å². The van der Waals surface area contributed by atoms with E-state index in [1.807, 2.05) is 31.2 Å². The minimum Gasteiger partial charge on any atom is -0.295 e. The highest BCUT2D eigenvalue weighted by atomic mass is 35.5. The van der Waals surface area contributed by atoms with Crippen LogP contribution >= 0.6 is 11.6 Å². The Morgan fingerprint density at radius 3 is 2.40 bits per heavy atom. The number of nitrogens with one attached hydrogen (secondary N) is 1. The van der Waals surface area contributed by atoms with Crippen molar-refractivity contribution in [2.75, 3.05) is 4.90 Å². The van der Waals surface area contributed by atoms with Crippen molar-refractivity contribution >= 4 is 23.2 Å². The van der Waals surface area contributed by atoms with Gasteiger partial charge in [-0.3, -0.25) is 14.8 Å². The Morgan fingerprint density at radius 1 is 1.00 bits per heavy atom. The van der Waals surface area contributed by atoms with E-state index in [2.05, 4.69) is 10.2 Å². The molecule has 0 unspecified atom stereocenters. The molecule has 1 aromatic heterocycles. The van der Waals surface area contributed by atoms with Crippen molar-refractivity contribution in [3.63, 3.8) is 0 Å². The van der Waals surface area contributed by atoms with E-state index in [4.69, 9.17) is 11.6 Å². The number of carbonyl (C=O) groups is 1. The van der Waals surface area contributed by atoms with Crippen LogP contribution in [0.1, 0.15) is 33.2 Å². The van der Waals surface area contributed by atoms with E-state index in [1.54, 1.807) is 47.4 Å². The summed E-state index contributed by atoms with van der Waals surface area (Å²) in [6.45, 7) is 2.01. The van der Waals surface area contributed by atoms with Crippen LogP contribution in [0.4, 0.5) is 10.1 Å². The number of fused-ring (bicyclic) bond motifs is 1. The molecule has 1 atom stereocenters. The zero-order valence-electron chi connectivity index (χ0n) is 16.1. The summed E-state index contributed by atoms with van der Waals surface area (Å²) in [6.07, 6.45) is 0. The summed E-state index contributed by atoms with van der Waals surface area (Å²) in [7, 11) is 0. The van der Waals surface area contributed by atoms with Crippen molar-refractivity contribution in [3.05, 3.63) is 106 Å². The van der Waals surface area contributed by atoms with Crippen molar-refractivity contribution in [2.45, 2.75) is 13.0 Å². The molecule has 1 aliphatic rings. The number of aromatic amines is 1. The molecule has 6 heteroatoms. The monoisotopic (exact) mass is 417 g/mol. The summed E-state index contributed by atoms with van der Waals surface area (Å²) in [5.41, 5.74) is 4.72. The molecular formula is C24H17ClFN3O. The molecule has 0 aliphatic carbocycles. The summed E-state index contributed by atoms with van der Waals surface area (Å²) >= 11 is 6.04. The van der Waals surface area contributed by atoms with Gasteiger partial charge in [-0.05, 0) is 37.3 Å². The second kappa shape index (κ2) is 7.11. The Morgan fingerprint density at radius 2 is 1.70 bits per heavy atom. The molecule has 1 aliphatic heterocycles. The smallest absolute Gasteiger partial charge is 0.277 e. The average molecular weight is 418 g/mol. The lowest BCUT2D eigenvalue weighted by Gasteiger charge is -2.26. The molecule has 4 nitrogen and oxygen atoms in total. The fraction of sp³-hybridized carbons (Fsp3) is 0.0833. The van der Waals surface area contributed by atoms with Crippen LogP contribution in [0.25, 0.3) is 11.3 Å². The van der Waals surface area contributed by atoms with Gasteiger partial charge in [0.25, 0.3) is 5.91 Å². The highest BCUT2D eigenvalue weighted by molar-refractivity contribution is 6.30. The molecular weight excluding hydrogens is 401 g/mol. The normalized spacial score (nSPS) is 15.5. The van der Waals surface area contributed by atoms with Crippen LogP contribution in [-0.4, -0.2) is 16.1 Å². The van der Waals surface area contributed by atoms with Crippen LogP contribution in [-0.2, 0) is 0 Å². The molecule has 2 heterocycles. The third kappa shape index (κ3) is 2.90. The Labute approximate surface area is 177 Å². The lowest BCUT2D eigenvalue weighted by Crippen LogP contribution is -2.29. The number of halogens is 2. The zero-order valence-corrected chi connectivity index (χ0v) is 16.8. The van der Waals surface area contributed by atoms with E-state index in [0.29, 0.717) is 33.2 Å². The second-order valence-electron chi connectivity index (χ2n) is 7.30. The van der Waals surface area contributed by atoms with Gasteiger partial charge in [-0.1, -0.05) is 59.6 Å². The van der Waals surface area contributed by atoms with E-state index < -0.39 is 6.04 Å². The van der Waals surface area contributed by atoms with Gasteiger partial charge in [0, 0.05) is 27.4 Å². The lowest BCUT2D eigenvalue weighted by atomic mass is 9.95. The number of benzene rings is 3. The van der Waals surface area contributed by atoms with E-state index in [-0.39, 0.29) is 11.7 Å². The molecule has 4 aromatic rings. The number of H-pyrrole nitrogens is 1.